The average molecular weight is 424 g/mol. The van der Waals surface area contributed by atoms with Gasteiger partial charge in [-0.2, -0.15) is 0 Å². The number of benzene rings is 3. The van der Waals surface area contributed by atoms with Gasteiger partial charge in [-0.1, -0.05) is 23.9 Å². The number of hydrogen-bond acceptors (Lipinski definition) is 3. The third kappa shape index (κ3) is 4.02. The third-order valence-corrected chi connectivity index (χ3v) is 5.82. The van der Waals surface area contributed by atoms with Crippen LogP contribution in [0.3, 0.4) is 0 Å². The maximum Gasteiger partial charge on any atom is 0.249 e. The summed E-state index contributed by atoms with van der Waals surface area (Å²) < 4.78 is 34.6. The maximum atomic E-state index is 13.7. The zero-order chi connectivity index (χ0) is 21.3. The molecule has 0 aliphatic carbocycles. The van der Waals surface area contributed by atoms with Crippen molar-refractivity contribution in [2.75, 3.05) is 7.11 Å². The second kappa shape index (κ2) is 8.20. The van der Waals surface area contributed by atoms with Gasteiger partial charge >= 0.3 is 0 Å². The predicted molar refractivity (Wildman–Crippen MR) is 113 cm³/mol. The molecular weight excluding hydrogens is 406 g/mol. The molecule has 2 N–H and O–H groups in total. The molecule has 0 spiro atoms. The van der Waals surface area contributed by atoms with E-state index >= 15 is 0 Å². The smallest absolute Gasteiger partial charge is 0.249 e. The number of amides is 1. The zero-order valence-electron chi connectivity index (χ0n) is 16.1. The summed E-state index contributed by atoms with van der Waals surface area (Å²) >= 11 is 1.41. The van der Waals surface area contributed by atoms with E-state index in [0.29, 0.717) is 16.9 Å². The number of primary amides is 1. The fourth-order valence-corrected chi connectivity index (χ4v) is 4.48. The Balaban J connectivity index is 1.80. The van der Waals surface area contributed by atoms with Gasteiger partial charge in [-0.15, -0.1) is 0 Å². The van der Waals surface area contributed by atoms with Crippen molar-refractivity contribution in [1.82, 2.24) is 4.57 Å². The largest absolute Gasteiger partial charge is 0.497 e. The van der Waals surface area contributed by atoms with E-state index in [-0.39, 0.29) is 6.54 Å². The molecule has 30 heavy (non-hydrogen) atoms. The molecule has 0 radical (unpaired) electrons. The van der Waals surface area contributed by atoms with Gasteiger partial charge in [-0.3, -0.25) is 4.79 Å². The molecule has 3 aromatic carbocycles. The van der Waals surface area contributed by atoms with Crippen LogP contribution in [0.4, 0.5) is 8.78 Å². The van der Waals surface area contributed by atoms with Crippen LogP contribution in [0.25, 0.3) is 10.9 Å². The summed E-state index contributed by atoms with van der Waals surface area (Å²) in [5.74, 6) is -1.08. The number of halogens is 2. The highest BCUT2D eigenvalue weighted by Crippen LogP contribution is 2.38. The lowest BCUT2D eigenvalue weighted by Crippen LogP contribution is -2.11. The highest BCUT2D eigenvalue weighted by atomic mass is 32.2. The van der Waals surface area contributed by atoms with Crippen molar-refractivity contribution < 1.29 is 18.3 Å². The summed E-state index contributed by atoms with van der Waals surface area (Å²) in [7, 11) is 1.58. The number of fused-ring (bicyclic) bond motifs is 1. The average Bonchev–Trinajstić information content (AvgIpc) is 3.04. The van der Waals surface area contributed by atoms with Gasteiger partial charge in [0.15, 0.2) is 0 Å². The van der Waals surface area contributed by atoms with E-state index < -0.39 is 17.5 Å². The normalized spacial score (nSPS) is 11.0. The molecule has 1 amide bonds. The lowest BCUT2D eigenvalue weighted by atomic mass is 10.2. The highest BCUT2D eigenvalue weighted by molar-refractivity contribution is 7.99. The Kier molecular flexibility index (Phi) is 5.46. The minimum Gasteiger partial charge on any atom is -0.497 e. The van der Waals surface area contributed by atoms with E-state index in [0.717, 1.165) is 26.8 Å². The van der Waals surface area contributed by atoms with Crippen LogP contribution in [0.2, 0.25) is 0 Å². The molecule has 0 aliphatic heterocycles. The minimum atomic E-state index is -0.621. The van der Waals surface area contributed by atoms with Gasteiger partial charge in [-0.25, -0.2) is 8.78 Å². The Morgan fingerprint density at radius 1 is 1.03 bits per heavy atom. The number of methoxy groups -OCH3 is 1. The first-order chi connectivity index (χ1) is 14.4. The van der Waals surface area contributed by atoms with Crippen molar-refractivity contribution in [1.29, 1.82) is 0 Å². The van der Waals surface area contributed by atoms with E-state index in [2.05, 4.69) is 0 Å². The topological polar surface area (TPSA) is 57.2 Å². The first-order valence-corrected chi connectivity index (χ1v) is 9.95. The second-order valence-corrected chi connectivity index (χ2v) is 7.83. The predicted octanol–water partition coefficient (Wildman–Crippen LogP) is 5.23. The van der Waals surface area contributed by atoms with Crippen molar-refractivity contribution >= 4 is 28.6 Å². The third-order valence-electron chi connectivity index (χ3n) is 4.70. The number of aromatic nitrogens is 1. The number of nitrogens with two attached hydrogens (primary N) is 1. The van der Waals surface area contributed by atoms with Gasteiger partial charge in [0.1, 0.15) is 17.4 Å². The van der Waals surface area contributed by atoms with Crippen LogP contribution < -0.4 is 10.5 Å². The van der Waals surface area contributed by atoms with Crippen molar-refractivity contribution in [2.24, 2.45) is 5.73 Å². The van der Waals surface area contributed by atoms with E-state index in [1.807, 2.05) is 41.1 Å². The number of nitrogens with zero attached hydrogens (tertiary/aromatic N) is 1. The van der Waals surface area contributed by atoms with Gasteiger partial charge in [-0.05, 0) is 42.0 Å². The van der Waals surface area contributed by atoms with Gasteiger partial charge in [0.2, 0.25) is 5.91 Å². The van der Waals surface area contributed by atoms with Crippen LogP contribution in [0.1, 0.15) is 15.9 Å². The monoisotopic (exact) mass is 424 g/mol. The van der Waals surface area contributed by atoms with Crippen molar-refractivity contribution in [3.8, 4) is 5.75 Å². The number of ether oxygens (including phenoxy) is 1. The van der Waals surface area contributed by atoms with Gasteiger partial charge in [0.25, 0.3) is 0 Å². The maximum absolute atomic E-state index is 13.7. The molecule has 0 fully saturated rings. The van der Waals surface area contributed by atoms with Crippen molar-refractivity contribution in [3.63, 3.8) is 0 Å². The first-order valence-electron chi connectivity index (χ1n) is 9.13. The fourth-order valence-electron chi connectivity index (χ4n) is 3.35. The zero-order valence-corrected chi connectivity index (χ0v) is 16.9. The second-order valence-electron chi connectivity index (χ2n) is 6.74. The molecule has 7 heteroatoms. The van der Waals surface area contributed by atoms with Gasteiger partial charge in [0, 0.05) is 40.1 Å². The summed E-state index contributed by atoms with van der Waals surface area (Å²) in [5.41, 5.74) is 7.29. The molecule has 0 saturated heterocycles. The molecule has 4 aromatic rings. The van der Waals surface area contributed by atoms with Gasteiger partial charge < -0.3 is 15.0 Å². The molecule has 1 aromatic heterocycles. The summed E-state index contributed by atoms with van der Waals surface area (Å²) in [6.45, 7) is 0.274. The fraction of sp³-hybridized carbons (Fsp3) is 0.0870. The highest BCUT2D eigenvalue weighted by Gasteiger charge is 2.15. The molecule has 0 atom stereocenters. The van der Waals surface area contributed by atoms with Crippen molar-refractivity contribution in [2.45, 2.75) is 16.3 Å². The van der Waals surface area contributed by atoms with E-state index in [1.54, 1.807) is 19.2 Å². The van der Waals surface area contributed by atoms with Crippen LogP contribution in [-0.4, -0.2) is 17.6 Å². The molecule has 0 bridgehead atoms. The Labute approximate surface area is 176 Å². The standard InChI is InChI=1S/C23H18F2N2O2S/c1-29-17-6-7-18-20(11-17)27(12-14-8-15(24)10-16(25)9-14)13-22(18)30-21-5-3-2-4-19(21)23(26)28/h2-11,13H,12H2,1H3,(H2,26,28). The number of carbonyl (C=O) groups excluding carboxylic acids is 1. The Morgan fingerprint density at radius 3 is 2.47 bits per heavy atom. The summed E-state index contributed by atoms with van der Waals surface area (Å²) in [6, 6.07) is 16.2. The summed E-state index contributed by atoms with van der Waals surface area (Å²) in [6.07, 6.45) is 1.90. The molecule has 0 unspecified atom stereocenters. The quantitative estimate of drug-likeness (QED) is 0.461. The molecule has 0 saturated carbocycles. The molecule has 4 nitrogen and oxygen atoms in total. The Bertz CT molecular complexity index is 1230. The molecule has 4 rings (SSSR count). The summed E-state index contributed by atoms with van der Waals surface area (Å²) in [5, 5.41) is 0.928. The van der Waals surface area contributed by atoms with E-state index in [1.165, 1.54) is 23.9 Å². The molecule has 0 aliphatic rings. The van der Waals surface area contributed by atoms with Crippen LogP contribution in [-0.2, 0) is 6.54 Å². The number of hydrogen-bond donors (Lipinski definition) is 1. The lowest BCUT2D eigenvalue weighted by molar-refractivity contribution is 0.0997. The van der Waals surface area contributed by atoms with E-state index in [4.69, 9.17) is 10.5 Å². The van der Waals surface area contributed by atoms with Crippen LogP contribution >= 0.6 is 11.8 Å². The number of carbonyl (C=O) groups is 1. The van der Waals surface area contributed by atoms with Crippen molar-refractivity contribution in [3.05, 3.63) is 89.6 Å². The molecule has 152 valence electrons. The number of rotatable bonds is 6. The Hall–Kier alpha value is -3.32. The van der Waals surface area contributed by atoms with Gasteiger partial charge in [0.05, 0.1) is 18.2 Å². The van der Waals surface area contributed by atoms with E-state index in [9.17, 15) is 13.6 Å². The lowest BCUT2D eigenvalue weighted by Gasteiger charge is -2.07. The van der Waals surface area contributed by atoms with Crippen LogP contribution in [0.5, 0.6) is 5.75 Å². The first kappa shape index (κ1) is 20.0. The summed E-state index contributed by atoms with van der Waals surface area (Å²) in [4.78, 5) is 13.4. The van der Waals surface area contributed by atoms with Crippen LogP contribution in [0.15, 0.2) is 76.7 Å². The minimum absolute atomic E-state index is 0.274. The SMILES string of the molecule is COc1ccc2c(Sc3ccccc3C(N)=O)cn(Cc3cc(F)cc(F)c3)c2c1. The molecular formula is C23H18F2N2O2S. The molecule has 1 heterocycles. The van der Waals surface area contributed by atoms with Crippen LogP contribution in [0, 0.1) is 11.6 Å². The Morgan fingerprint density at radius 2 is 1.77 bits per heavy atom.